The molecular formula is C20H24N2O3. The Labute approximate surface area is 148 Å². The molecule has 0 radical (unpaired) electrons. The third kappa shape index (κ3) is 6.30. The van der Waals surface area contributed by atoms with Gasteiger partial charge < -0.3 is 15.4 Å². The van der Waals surface area contributed by atoms with Gasteiger partial charge in [-0.05, 0) is 30.5 Å². The Balaban J connectivity index is 1.94. The first-order chi connectivity index (χ1) is 12.1. The summed E-state index contributed by atoms with van der Waals surface area (Å²) in [4.78, 5) is 25.2. The molecule has 0 unspecified atom stereocenters. The van der Waals surface area contributed by atoms with E-state index in [1.54, 1.807) is 4.90 Å². The summed E-state index contributed by atoms with van der Waals surface area (Å²) in [6, 6.07) is 17.5. The van der Waals surface area contributed by atoms with Gasteiger partial charge in [0.15, 0.2) is 6.61 Å². The Morgan fingerprint density at radius 1 is 1.00 bits per heavy atom. The zero-order valence-electron chi connectivity index (χ0n) is 14.5. The molecule has 0 saturated carbocycles. The fourth-order valence-electron chi connectivity index (χ4n) is 2.46. The minimum absolute atomic E-state index is 0.0571. The van der Waals surface area contributed by atoms with Crippen molar-refractivity contribution < 1.29 is 14.3 Å². The summed E-state index contributed by atoms with van der Waals surface area (Å²) in [5.74, 6) is 0.117. The Kier molecular flexibility index (Phi) is 7.01. The van der Waals surface area contributed by atoms with Gasteiger partial charge in [0.25, 0.3) is 5.91 Å². The number of nitrogens with two attached hydrogens (primary N) is 1. The van der Waals surface area contributed by atoms with E-state index in [2.05, 4.69) is 0 Å². The number of carbonyl (C=O) groups excluding carboxylic acids is 2. The van der Waals surface area contributed by atoms with E-state index in [0.29, 0.717) is 18.8 Å². The fourth-order valence-corrected chi connectivity index (χ4v) is 2.46. The molecule has 0 saturated heterocycles. The van der Waals surface area contributed by atoms with Gasteiger partial charge in [-0.25, -0.2) is 0 Å². The van der Waals surface area contributed by atoms with Gasteiger partial charge in [0.1, 0.15) is 5.75 Å². The van der Waals surface area contributed by atoms with Crippen molar-refractivity contribution in [3.05, 3.63) is 65.7 Å². The van der Waals surface area contributed by atoms with Crippen LogP contribution in [0.1, 0.15) is 17.5 Å². The van der Waals surface area contributed by atoms with Gasteiger partial charge in [0, 0.05) is 19.5 Å². The van der Waals surface area contributed by atoms with Crippen molar-refractivity contribution in [1.82, 2.24) is 4.90 Å². The van der Waals surface area contributed by atoms with E-state index in [0.717, 1.165) is 17.5 Å². The number of carbonyl (C=O) groups is 2. The SMILES string of the molecule is Cc1ccccc1OCC(=O)N(CCC(N)=O)CCc1ccccc1. The molecule has 0 bridgehead atoms. The lowest BCUT2D eigenvalue weighted by Gasteiger charge is -2.22. The quantitative estimate of drug-likeness (QED) is 0.761. The molecule has 2 aromatic carbocycles. The molecule has 25 heavy (non-hydrogen) atoms. The maximum atomic E-state index is 12.5. The molecule has 0 atom stereocenters. The van der Waals surface area contributed by atoms with Gasteiger partial charge in [-0.3, -0.25) is 9.59 Å². The maximum Gasteiger partial charge on any atom is 0.260 e. The van der Waals surface area contributed by atoms with Crippen LogP contribution < -0.4 is 10.5 Å². The molecule has 0 fully saturated rings. The Morgan fingerprint density at radius 2 is 1.68 bits per heavy atom. The summed E-state index contributed by atoms with van der Waals surface area (Å²) < 4.78 is 5.63. The lowest BCUT2D eigenvalue weighted by Crippen LogP contribution is -2.38. The first kappa shape index (κ1) is 18.5. The van der Waals surface area contributed by atoms with Gasteiger partial charge in [-0.15, -0.1) is 0 Å². The van der Waals surface area contributed by atoms with Gasteiger partial charge in [-0.1, -0.05) is 48.5 Å². The van der Waals surface area contributed by atoms with Crippen molar-refractivity contribution in [2.45, 2.75) is 19.8 Å². The molecule has 0 aliphatic heterocycles. The normalized spacial score (nSPS) is 10.3. The van der Waals surface area contributed by atoms with Crippen LogP contribution in [0.3, 0.4) is 0 Å². The molecule has 0 spiro atoms. The number of para-hydroxylation sites is 1. The van der Waals surface area contributed by atoms with Crippen molar-refractivity contribution in [2.24, 2.45) is 5.73 Å². The Morgan fingerprint density at radius 3 is 2.36 bits per heavy atom. The maximum absolute atomic E-state index is 12.5. The highest BCUT2D eigenvalue weighted by molar-refractivity contribution is 5.79. The van der Waals surface area contributed by atoms with Crippen molar-refractivity contribution in [1.29, 1.82) is 0 Å². The average molecular weight is 340 g/mol. The molecule has 2 aromatic rings. The predicted octanol–water partition coefficient (Wildman–Crippen LogP) is 2.32. The topological polar surface area (TPSA) is 72.6 Å². The lowest BCUT2D eigenvalue weighted by molar-refractivity contribution is -0.133. The zero-order valence-corrected chi connectivity index (χ0v) is 14.5. The standard InChI is InChI=1S/C20H24N2O3/c1-16-7-5-6-10-18(16)25-15-20(24)22(14-12-19(21)23)13-11-17-8-3-2-4-9-17/h2-10H,11-15H2,1H3,(H2,21,23). The van der Waals surface area contributed by atoms with Crippen LogP contribution in [0.2, 0.25) is 0 Å². The molecule has 0 aromatic heterocycles. The third-order valence-electron chi connectivity index (χ3n) is 3.94. The van der Waals surface area contributed by atoms with Crippen molar-refractivity contribution >= 4 is 11.8 Å². The summed E-state index contributed by atoms with van der Waals surface area (Å²) in [6.45, 7) is 2.70. The average Bonchev–Trinajstić information content (AvgIpc) is 2.61. The van der Waals surface area contributed by atoms with Crippen LogP contribution in [0.15, 0.2) is 54.6 Å². The molecule has 0 aliphatic carbocycles. The number of amides is 2. The molecule has 2 N–H and O–H groups in total. The molecule has 132 valence electrons. The second-order valence-electron chi connectivity index (χ2n) is 5.89. The smallest absolute Gasteiger partial charge is 0.260 e. The fraction of sp³-hybridized carbons (Fsp3) is 0.300. The summed E-state index contributed by atoms with van der Waals surface area (Å²) in [6.07, 6.45) is 0.862. The molecule has 2 rings (SSSR count). The predicted molar refractivity (Wildman–Crippen MR) is 97.2 cm³/mol. The van der Waals surface area contributed by atoms with Crippen molar-refractivity contribution in [3.63, 3.8) is 0 Å². The number of hydrogen-bond acceptors (Lipinski definition) is 3. The van der Waals surface area contributed by atoms with E-state index in [9.17, 15) is 9.59 Å². The molecule has 2 amide bonds. The Bertz CT molecular complexity index is 701. The highest BCUT2D eigenvalue weighted by Crippen LogP contribution is 2.16. The summed E-state index contributed by atoms with van der Waals surface area (Å²) in [5.41, 5.74) is 7.34. The van der Waals surface area contributed by atoms with Crippen LogP contribution in [0.25, 0.3) is 0 Å². The van der Waals surface area contributed by atoms with E-state index in [1.807, 2.05) is 61.5 Å². The number of rotatable bonds is 9. The van der Waals surface area contributed by atoms with Crippen LogP contribution in [0, 0.1) is 6.92 Å². The van der Waals surface area contributed by atoms with Gasteiger partial charge in [0.2, 0.25) is 5.91 Å². The number of primary amides is 1. The number of benzene rings is 2. The van der Waals surface area contributed by atoms with E-state index in [1.165, 1.54) is 0 Å². The highest BCUT2D eigenvalue weighted by atomic mass is 16.5. The third-order valence-corrected chi connectivity index (χ3v) is 3.94. The molecule has 5 nitrogen and oxygen atoms in total. The monoisotopic (exact) mass is 340 g/mol. The van der Waals surface area contributed by atoms with Crippen LogP contribution in [0.4, 0.5) is 0 Å². The van der Waals surface area contributed by atoms with Gasteiger partial charge in [-0.2, -0.15) is 0 Å². The van der Waals surface area contributed by atoms with E-state index in [4.69, 9.17) is 10.5 Å². The van der Waals surface area contributed by atoms with Crippen LogP contribution in [-0.2, 0) is 16.0 Å². The largest absolute Gasteiger partial charge is 0.484 e. The lowest BCUT2D eigenvalue weighted by atomic mass is 10.1. The van der Waals surface area contributed by atoms with Gasteiger partial charge in [0.05, 0.1) is 0 Å². The number of hydrogen-bond donors (Lipinski definition) is 1. The second-order valence-corrected chi connectivity index (χ2v) is 5.89. The van der Waals surface area contributed by atoms with E-state index >= 15 is 0 Å². The second kappa shape index (κ2) is 9.47. The van der Waals surface area contributed by atoms with Crippen molar-refractivity contribution in [3.8, 4) is 5.75 Å². The first-order valence-corrected chi connectivity index (χ1v) is 8.34. The minimum atomic E-state index is -0.419. The molecular weight excluding hydrogens is 316 g/mol. The van der Waals surface area contributed by atoms with Crippen LogP contribution in [-0.4, -0.2) is 36.4 Å². The first-order valence-electron chi connectivity index (χ1n) is 8.34. The number of aryl methyl sites for hydroxylation is 1. The summed E-state index contributed by atoms with van der Waals surface area (Å²) >= 11 is 0. The molecule has 0 heterocycles. The van der Waals surface area contributed by atoms with Crippen LogP contribution in [0.5, 0.6) is 5.75 Å². The van der Waals surface area contributed by atoms with E-state index < -0.39 is 5.91 Å². The van der Waals surface area contributed by atoms with Gasteiger partial charge >= 0.3 is 0 Å². The Hall–Kier alpha value is -2.82. The molecule has 5 heteroatoms. The zero-order chi connectivity index (χ0) is 18.1. The summed E-state index contributed by atoms with van der Waals surface area (Å²) in [7, 11) is 0. The summed E-state index contributed by atoms with van der Waals surface area (Å²) in [5, 5.41) is 0. The van der Waals surface area contributed by atoms with E-state index in [-0.39, 0.29) is 18.9 Å². The van der Waals surface area contributed by atoms with Crippen molar-refractivity contribution in [2.75, 3.05) is 19.7 Å². The molecule has 0 aliphatic rings. The highest BCUT2D eigenvalue weighted by Gasteiger charge is 2.15. The number of nitrogens with zero attached hydrogens (tertiary/aromatic N) is 1. The minimum Gasteiger partial charge on any atom is -0.484 e. The van der Waals surface area contributed by atoms with Crippen LogP contribution >= 0.6 is 0 Å². The number of ether oxygens (including phenoxy) is 1.